The highest BCUT2D eigenvalue weighted by Crippen LogP contribution is 2.33. The molecule has 0 atom stereocenters. The number of carbonyl (C=O) groups is 1. The lowest BCUT2D eigenvalue weighted by atomic mass is 10.2. The van der Waals surface area contributed by atoms with E-state index in [2.05, 4.69) is 0 Å². The molecule has 0 aliphatic heterocycles. The van der Waals surface area contributed by atoms with Crippen LogP contribution in [0.15, 0.2) is 42.5 Å². The number of nitrogens with zero attached hydrogens (tertiary/aromatic N) is 2. The van der Waals surface area contributed by atoms with Gasteiger partial charge in [0.15, 0.2) is 0 Å². The quantitative estimate of drug-likeness (QED) is 0.304. The number of hydrogen-bond donors (Lipinski definition) is 0. The van der Waals surface area contributed by atoms with Crippen molar-refractivity contribution in [1.82, 2.24) is 4.57 Å². The molecule has 0 saturated heterocycles. The smallest absolute Gasteiger partial charge is 0.497 e. The Bertz CT molecular complexity index is 991. The van der Waals surface area contributed by atoms with Crippen molar-refractivity contribution in [3.63, 3.8) is 0 Å². The molecule has 0 radical (unpaired) electrons. The van der Waals surface area contributed by atoms with Gasteiger partial charge in [0.05, 0.1) is 17.5 Å². The maximum Gasteiger partial charge on any atom is 0.520 e. The molecule has 0 bridgehead atoms. The summed E-state index contributed by atoms with van der Waals surface area (Å²) in [4.78, 5) is 22.2. The van der Waals surface area contributed by atoms with Crippen LogP contribution in [-0.2, 0) is 7.05 Å². The number of nitro groups is 1. The van der Waals surface area contributed by atoms with Crippen molar-refractivity contribution in [3.8, 4) is 17.4 Å². The highest BCUT2D eigenvalue weighted by atomic mass is 16.7. The van der Waals surface area contributed by atoms with E-state index in [0.29, 0.717) is 11.6 Å². The van der Waals surface area contributed by atoms with Gasteiger partial charge in [-0.2, -0.15) is 0 Å². The van der Waals surface area contributed by atoms with Gasteiger partial charge in [-0.25, -0.2) is 4.79 Å². The summed E-state index contributed by atoms with van der Waals surface area (Å²) in [6, 6.07) is 10.7. The van der Waals surface area contributed by atoms with Crippen molar-refractivity contribution in [2.75, 3.05) is 7.11 Å². The Hall–Kier alpha value is -3.55. The van der Waals surface area contributed by atoms with Crippen LogP contribution in [-0.4, -0.2) is 22.8 Å². The summed E-state index contributed by atoms with van der Waals surface area (Å²) in [5.41, 5.74) is 1.55. The fourth-order valence-electron chi connectivity index (χ4n) is 2.69. The zero-order chi connectivity index (χ0) is 18.8. The zero-order valence-corrected chi connectivity index (χ0v) is 14.4. The maximum absolute atomic E-state index is 12.1. The number of methoxy groups -OCH3 is 1. The van der Waals surface area contributed by atoms with E-state index in [1.54, 1.807) is 18.7 Å². The molecule has 3 rings (SSSR count). The highest BCUT2D eigenvalue weighted by Gasteiger charge is 2.18. The summed E-state index contributed by atoms with van der Waals surface area (Å²) in [5, 5.41) is 11.5. The van der Waals surface area contributed by atoms with Crippen molar-refractivity contribution in [2.45, 2.75) is 6.92 Å². The van der Waals surface area contributed by atoms with Crippen LogP contribution in [0.25, 0.3) is 10.9 Å². The molecule has 1 heterocycles. The number of aryl methyl sites for hydroxylation is 2. The van der Waals surface area contributed by atoms with Crippen molar-refractivity contribution < 1.29 is 23.9 Å². The number of rotatable bonds is 4. The van der Waals surface area contributed by atoms with E-state index < -0.39 is 11.1 Å². The minimum atomic E-state index is -0.931. The largest absolute Gasteiger partial charge is 0.520 e. The highest BCUT2D eigenvalue weighted by molar-refractivity contribution is 5.88. The fraction of sp³-hybridized carbons (Fsp3) is 0.167. The van der Waals surface area contributed by atoms with Gasteiger partial charge in [0.25, 0.3) is 5.69 Å². The Morgan fingerprint density at radius 3 is 2.35 bits per heavy atom. The van der Waals surface area contributed by atoms with Gasteiger partial charge in [-0.3, -0.25) is 10.1 Å². The van der Waals surface area contributed by atoms with Gasteiger partial charge < -0.3 is 18.8 Å². The first-order valence-electron chi connectivity index (χ1n) is 7.68. The number of aromatic nitrogens is 1. The third-order valence-electron chi connectivity index (χ3n) is 4.02. The first-order chi connectivity index (χ1) is 12.4. The molecule has 3 aromatic rings. The van der Waals surface area contributed by atoms with Gasteiger partial charge in [0.2, 0.25) is 5.88 Å². The van der Waals surface area contributed by atoms with Gasteiger partial charge >= 0.3 is 6.16 Å². The second-order valence-electron chi connectivity index (χ2n) is 5.58. The molecule has 0 aliphatic rings. The van der Waals surface area contributed by atoms with Crippen LogP contribution in [0.1, 0.15) is 5.56 Å². The molecule has 0 fully saturated rings. The van der Waals surface area contributed by atoms with E-state index in [4.69, 9.17) is 14.2 Å². The van der Waals surface area contributed by atoms with E-state index in [1.807, 2.05) is 25.1 Å². The monoisotopic (exact) mass is 356 g/mol. The van der Waals surface area contributed by atoms with Crippen molar-refractivity contribution >= 4 is 22.7 Å². The molecule has 0 saturated carbocycles. The molecular weight excluding hydrogens is 340 g/mol. The second-order valence-corrected chi connectivity index (χ2v) is 5.58. The molecule has 8 heteroatoms. The van der Waals surface area contributed by atoms with Crippen LogP contribution in [0.3, 0.4) is 0 Å². The molecule has 0 spiro atoms. The van der Waals surface area contributed by atoms with Gasteiger partial charge in [-0.1, -0.05) is 0 Å². The molecule has 1 aromatic heterocycles. The van der Waals surface area contributed by atoms with Crippen molar-refractivity contribution in [1.29, 1.82) is 0 Å². The average Bonchev–Trinajstić information content (AvgIpc) is 2.86. The summed E-state index contributed by atoms with van der Waals surface area (Å²) < 4.78 is 17.4. The van der Waals surface area contributed by atoms with E-state index in [-0.39, 0.29) is 11.4 Å². The molecule has 8 nitrogen and oxygen atoms in total. The third kappa shape index (κ3) is 3.16. The van der Waals surface area contributed by atoms with Gasteiger partial charge in [-0.15, -0.1) is 0 Å². The zero-order valence-electron chi connectivity index (χ0n) is 14.4. The van der Waals surface area contributed by atoms with Crippen LogP contribution in [0.5, 0.6) is 17.4 Å². The summed E-state index contributed by atoms with van der Waals surface area (Å²) in [7, 11) is 3.36. The minimum Gasteiger partial charge on any atom is -0.497 e. The van der Waals surface area contributed by atoms with Crippen LogP contribution in [0, 0.1) is 17.0 Å². The standard InChI is InChI=1S/C18H16N2O6/c1-11-15-10-14(24-3)8-9-16(15)19(2)17(11)26-18(21)25-13-6-4-12(5-7-13)20(22)23/h4-10H,1-3H3. The molecule has 26 heavy (non-hydrogen) atoms. The number of benzene rings is 2. The van der Waals surface area contributed by atoms with Crippen molar-refractivity contribution in [3.05, 3.63) is 58.1 Å². The lowest BCUT2D eigenvalue weighted by Gasteiger charge is -2.07. The van der Waals surface area contributed by atoms with Crippen LogP contribution >= 0.6 is 0 Å². The lowest BCUT2D eigenvalue weighted by Crippen LogP contribution is -2.15. The van der Waals surface area contributed by atoms with E-state index in [9.17, 15) is 14.9 Å². The minimum absolute atomic E-state index is 0.0933. The van der Waals surface area contributed by atoms with E-state index in [1.165, 1.54) is 24.3 Å². The number of hydrogen-bond acceptors (Lipinski definition) is 6. The molecule has 0 N–H and O–H groups in total. The Morgan fingerprint density at radius 1 is 1.08 bits per heavy atom. The normalized spacial score (nSPS) is 10.6. The number of nitro benzene ring substituents is 1. The van der Waals surface area contributed by atoms with Crippen LogP contribution in [0.4, 0.5) is 10.5 Å². The molecular formula is C18H16N2O6. The molecule has 0 aliphatic carbocycles. The van der Waals surface area contributed by atoms with E-state index in [0.717, 1.165) is 16.5 Å². The second kappa shape index (κ2) is 6.75. The number of ether oxygens (including phenoxy) is 3. The number of fused-ring (bicyclic) bond motifs is 1. The Balaban J connectivity index is 1.81. The third-order valence-corrected chi connectivity index (χ3v) is 4.02. The lowest BCUT2D eigenvalue weighted by molar-refractivity contribution is -0.384. The molecule has 0 amide bonds. The first kappa shape index (κ1) is 17.3. The van der Waals surface area contributed by atoms with Gasteiger partial charge in [0, 0.05) is 30.1 Å². The molecule has 2 aromatic carbocycles. The van der Waals surface area contributed by atoms with Crippen LogP contribution in [0.2, 0.25) is 0 Å². The number of non-ortho nitro benzene ring substituents is 1. The van der Waals surface area contributed by atoms with E-state index >= 15 is 0 Å². The van der Waals surface area contributed by atoms with Gasteiger partial charge in [0.1, 0.15) is 11.5 Å². The SMILES string of the molecule is COc1ccc2c(c1)c(C)c(OC(=O)Oc1ccc([N+](=O)[O-])cc1)n2C. The Kier molecular flexibility index (Phi) is 4.49. The summed E-state index contributed by atoms with van der Waals surface area (Å²) >= 11 is 0. The molecule has 134 valence electrons. The predicted molar refractivity (Wildman–Crippen MR) is 94.0 cm³/mol. The fourth-order valence-corrected chi connectivity index (χ4v) is 2.69. The van der Waals surface area contributed by atoms with Crippen molar-refractivity contribution in [2.24, 2.45) is 7.05 Å². The topological polar surface area (TPSA) is 92.8 Å². The Labute approximate surface area is 148 Å². The summed E-state index contributed by atoms with van der Waals surface area (Å²) in [6.45, 7) is 1.83. The summed E-state index contributed by atoms with van der Waals surface area (Å²) in [6.07, 6.45) is -0.931. The molecule has 0 unspecified atom stereocenters. The Morgan fingerprint density at radius 2 is 1.73 bits per heavy atom. The average molecular weight is 356 g/mol. The van der Waals surface area contributed by atoms with Gasteiger partial charge in [-0.05, 0) is 37.3 Å². The predicted octanol–water partition coefficient (Wildman–Crippen LogP) is 3.98. The first-order valence-corrected chi connectivity index (χ1v) is 7.68. The summed E-state index contributed by atoms with van der Waals surface area (Å²) in [5.74, 6) is 1.20. The van der Waals surface area contributed by atoms with Crippen LogP contribution < -0.4 is 14.2 Å². The maximum atomic E-state index is 12.1. The number of carbonyl (C=O) groups excluding carboxylic acids is 1.